The van der Waals surface area contributed by atoms with Crippen LogP contribution in [0.3, 0.4) is 0 Å². The fourth-order valence-corrected chi connectivity index (χ4v) is 2.89. The highest BCUT2D eigenvalue weighted by molar-refractivity contribution is 5.94. The molecule has 0 bridgehead atoms. The highest BCUT2D eigenvalue weighted by atomic mass is 19.1. The average molecular weight is 257 g/mol. The lowest BCUT2D eigenvalue weighted by Crippen LogP contribution is -2.47. The average Bonchev–Trinajstić information content (AvgIpc) is 2.47. The Morgan fingerprint density at radius 1 is 1.16 bits per heavy atom. The molecule has 3 heteroatoms. The SMILES string of the molecule is O=C(c1ccc(F)cc1)N1CCC[C@H]2C=CC=C[C@H]21. The standard InChI is InChI=1S/C16H16FNO/c17-14-9-7-13(8-10-14)16(19)18-11-3-5-12-4-1-2-6-15(12)18/h1-2,4,6-10,12,15H,3,5,11H2/t12-,15-/m1/s1. The summed E-state index contributed by atoms with van der Waals surface area (Å²) in [6.07, 6.45) is 10.5. The number of fused-ring (bicyclic) bond motifs is 1. The zero-order chi connectivity index (χ0) is 13.2. The number of hydrogen-bond donors (Lipinski definition) is 0. The summed E-state index contributed by atoms with van der Waals surface area (Å²) < 4.78 is 12.9. The van der Waals surface area contributed by atoms with Gasteiger partial charge in [-0.25, -0.2) is 4.39 Å². The summed E-state index contributed by atoms with van der Waals surface area (Å²) in [6.45, 7) is 0.773. The van der Waals surface area contributed by atoms with Crippen LogP contribution in [0.5, 0.6) is 0 Å². The van der Waals surface area contributed by atoms with Crippen molar-refractivity contribution < 1.29 is 9.18 Å². The number of hydrogen-bond acceptors (Lipinski definition) is 1. The van der Waals surface area contributed by atoms with Crippen LogP contribution < -0.4 is 0 Å². The summed E-state index contributed by atoms with van der Waals surface area (Å²) in [7, 11) is 0. The van der Waals surface area contributed by atoms with Gasteiger partial charge in [-0.1, -0.05) is 24.3 Å². The Morgan fingerprint density at radius 3 is 2.68 bits per heavy atom. The number of amides is 1. The number of halogens is 1. The van der Waals surface area contributed by atoms with Gasteiger partial charge in [0.1, 0.15) is 5.82 Å². The van der Waals surface area contributed by atoms with Crippen molar-refractivity contribution in [3.8, 4) is 0 Å². The molecule has 0 aromatic heterocycles. The van der Waals surface area contributed by atoms with Crippen LogP contribution in [0.2, 0.25) is 0 Å². The van der Waals surface area contributed by atoms with E-state index in [1.54, 1.807) is 12.1 Å². The Kier molecular flexibility index (Phi) is 3.20. The van der Waals surface area contributed by atoms with Crippen molar-refractivity contribution in [2.45, 2.75) is 18.9 Å². The van der Waals surface area contributed by atoms with Crippen LogP contribution in [0.15, 0.2) is 48.6 Å². The fraction of sp³-hybridized carbons (Fsp3) is 0.312. The first-order valence-electron chi connectivity index (χ1n) is 6.67. The molecule has 1 aliphatic carbocycles. The van der Waals surface area contributed by atoms with Crippen LogP contribution in [-0.2, 0) is 0 Å². The minimum absolute atomic E-state index is 0.00495. The third-order valence-electron chi connectivity index (χ3n) is 3.86. The van der Waals surface area contributed by atoms with Crippen LogP contribution in [0.25, 0.3) is 0 Å². The molecule has 1 heterocycles. The maximum Gasteiger partial charge on any atom is 0.254 e. The van der Waals surface area contributed by atoms with E-state index < -0.39 is 0 Å². The van der Waals surface area contributed by atoms with E-state index in [1.807, 2.05) is 17.1 Å². The lowest BCUT2D eigenvalue weighted by atomic mass is 9.86. The van der Waals surface area contributed by atoms with Crippen molar-refractivity contribution >= 4 is 5.91 Å². The summed E-state index contributed by atoms with van der Waals surface area (Å²) in [5.41, 5.74) is 0.560. The van der Waals surface area contributed by atoms with E-state index in [1.165, 1.54) is 12.1 Å². The van der Waals surface area contributed by atoms with Crippen LogP contribution in [0, 0.1) is 11.7 Å². The van der Waals surface area contributed by atoms with Crippen molar-refractivity contribution in [2.75, 3.05) is 6.54 Å². The van der Waals surface area contributed by atoms with E-state index in [9.17, 15) is 9.18 Å². The number of carbonyl (C=O) groups excluding carboxylic acids is 1. The van der Waals surface area contributed by atoms with Gasteiger partial charge in [0.05, 0.1) is 6.04 Å². The molecule has 1 aromatic rings. The molecule has 1 aliphatic heterocycles. The second-order valence-electron chi connectivity index (χ2n) is 5.07. The van der Waals surface area contributed by atoms with Crippen molar-refractivity contribution in [1.82, 2.24) is 4.90 Å². The van der Waals surface area contributed by atoms with E-state index in [2.05, 4.69) is 12.2 Å². The zero-order valence-electron chi connectivity index (χ0n) is 10.6. The maximum absolute atomic E-state index is 12.9. The number of likely N-dealkylation sites (tertiary alicyclic amines) is 1. The van der Waals surface area contributed by atoms with Gasteiger partial charge in [0.15, 0.2) is 0 Å². The zero-order valence-corrected chi connectivity index (χ0v) is 10.6. The van der Waals surface area contributed by atoms with Crippen molar-refractivity contribution in [3.63, 3.8) is 0 Å². The molecule has 1 aromatic carbocycles. The highest BCUT2D eigenvalue weighted by Gasteiger charge is 2.32. The van der Waals surface area contributed by atoms with E-state index in [0.29, 0.717) is 11.5 Å². The molecule has 19 heavy (non-hydrogen) atoms. The fourth-order valence-electron chi connectivity index (χ4n) is 2.89. The number of carbonyl (C=O) groups is 1. The molecule has 0 spiro atoms. The molecule has 98 valence electrons. The summed E-state index contributed by atoms with van der Waals surface area (Å²) in [6, 6.07) is 5.94. The molecule has 0 N–H and O–H groups in total. The predicted octanol–water partition coefficient (Wildman–Crippen LogP) is 3.17. The Hall–Kier alpha value is -1.90. The van der Waals surface area contributed by atoms with Gasteiger partial charge in [-0.05, 0) is 37.1 Å². The van der Waals surface area contributed by atoms with Gasteiger partial charge < -0.3 is 4.90 Å². The number of piperidine rings is 1. The predicted molar refractivity (Wildman–Crippen MR) is 72.2 cm³/mol. The molecular formula is C16H16FNO. The Bertz CT molecular complexity index is 532. The van der Waals surface area contributed by atoms with Gasteiger partial charge in [-0.2, -0.15) is 0 Å². The minimum Gasteiger partial charge on any atom is -0.332 e. The van der Waals surface area contributed by atoms with Crippen molar-refractivity contribution in [3.05, 3.63) is 60.0 Å². The van der Waals surface area contributed by atoms with Gasteiger partial charge in [0, 0.05) is 18.0 Å². The van der Waals surface area contributed by atoms with Gasteiger partial charge >= 0.3 is 0 Å². The second kappa shape index (κ2) is 5.00. The number of benzene rings is 1. The number of nitrogens with zero attached hydrogens (tertiary/aromatic N) is 1. The normalized spacial score (nSPS) is 25.2. The van der Waals surface area contributed by atoms with Gasteiger partial charge in [0.2, 0.25) is 0 Å². The first-order valence-corrected chi connectivity index (χ1v) is 6.67. The molecule has 2 atom stereocenters. The molecule has 1 amide bonds. The van der Waals surface area contributed by atoms with Gasteiger partial charge in [-0.3, -0.25) is 4.79 Å². The lowest BCUT2D eigenvalue weighted by molar-refractivity contribution is 0.0614. The summed E-state index contributed by atoms with van der Waals surface area (Å²) >= 11 is 0. The quantitative estimate of drug-likeness (QED) is 0.756. The Labute approximate surface area is 112 Å². The van der Waals surface area contributed by atoms with Gasteiger partial charge in [-0.15, -0.1) is 0 Å². The molecule has 0 unspecified atom stereocenters. The van der Waals surface area contributed by atoms with Crippen molar-refractivity contribution in [1.29, 1.82) is 0 Å². The summed E-state index contributed by atoms with van der Waals surface area (Å²) in [4.78, 5) is 14.4. The molecular weight excluding hydrogens is 241 g/mol. The van der Waals surface area contributed by atoms with Crippen LogP contribution in [0.4, 0.5) is 4.39 Å². The largest absolute Gasteiger partial charge is 0.332 e. The number of allylic oxidation sites excluding steroid dienone is 2. The Balaban J connectivity index is 1.84. The highest BCUT2D eigenvalue weighted by Crippen LogP contribution is 2.29. The lowest BCUT2D eigenvalue weighted by Gasteiger charge is -2.39. The minimum atomic E-state index is -0.312. The molecule has 0 radical (unpaired) electrons. The van der Waals surface area contributed by atoms with Crippen LogP contribution >= 0.6 is 0 Å². The third-order valence-corrected chi connectivity index (χ3v) is 3.86. The smallest absolute Gasteiger partial charge is 0.254 e. The molecule has 1 fully saturated rings. The van der Waals surface area contributed by atoms with E-state index in [4.69, 9.17) is 0 Å². The third kappa shape index (κ3) is 2.33. The Morgan fingerprint density at radius 2 is 1.89 bits per heavy atom. The molecule has 3 rings (SSSR count). The maximum atomic E-state index is 12.9. The van der Waals surface area contributed by atoms with Crippen LogP contribution in [-0.4, -0.2) is 23.4 Å². The molecule has 0 saturated carbocycles. The first kappa shape index (κ1) is 12.2. The first-order chi connectivity index (χ1) is 9.25. The summed E-state index contributed by atoms with van der Waals surface area (Å²) in [5, 5.41) is 0. The number of rotatable bonds is 1. The molecule has 2 nitrogen and oxygen atoms in total. The monoisotopic (exact) mass is 257 g/mol. The van der Waals surface area contributed by atoms with Gasteiger partial charge in [0.25, 0.3) is 5.91 Å². The molecule has 2 aliphatic rings. The van der Waals surface area contributed by atoms with Crippen molar-refractivity contribution in [2.24, 2.45) is 5.92 Å². The molecule has 1 saturated heterocycles. The van der Waals surface area contributed by atoms with E-state index in [0.717, 1.165) is 19.4 Å². The second-order valence-corrected chi connectivity index (χ2v) is 5.07. The summed E-state index contributed by atoms with van der Waals surface area (Å²) in [5.74, 6) is 0.103. The van der Waals surface area contributed by atoms with Crippen LogP contribution in [0.1, 0.15) is 23.2 Å². The van der Waals surface area contributed by atoms with E-state index >= 15 is 0 Å². The topological polar surface area (TPSA) is 20.3 Å². The van der Waals surface area contributed by atoms with E-state index in [-0.39, 0.29) is 17.8 Å².